The second-order valence-corrected chi connectivity index (χ2v) is 5.24. The van der Waals surface area contributed by atoms with Crippen LogP contribution in [0.15, 0.2) is 42.5 Å². The van der Waals surface area contributed by atoms with Crippen molar-refractivity contribution >= 4 is 17.3 Å². The predicted octanol–water partition coefficient (Wildman–Crippen LogP) is 4.02. The van der Waals surface area contributed by atoms with Gasteiger partial charge in [0.2, 0.25) is 5.82 Å². The smallest absolute Gasteiger partial charge is 0.298 e. The number of nitro benzene ring substituents is 1. The van der Waals surface area contributed by atoms with Gasteiger partial charge in [0.05, 0.1) is 4.92 Å². The van der Waals surface area contributed by atoms with Crippen LogP contribution in [0.4, 0.5) is 10.1 Å². The molecule has 0 unspecified atom stereocenters. The molecule has 4 nitrogen and oxygen atoms in total. The Morgan fingerprint density at radius 3 is 2.48 bits per heavy atom. The zero-order chi connectivity index (χ0) is 15.4. The molecule has 2 aromatic rings. The van der Waals surface area contributed by atoms with E-state index in [2.05, 4.69) is 0 Å². The molecule has 0 spiro atoms. The van der Waals surface area contributed by atoms with E-state index in [1.54, 1.807) is 18.2 Å². The normalized spacial score (nSPS) is 10.9. The second kappa shape index (κ2) is 6.65. The number of halogens is 2. The maximum atomic E-state index is 14.0. The highest BCUT2D eigenvalue weighted by Gasteiger charge is 2.17. The number of hydrogen-bond donors (Lipinski definition) is 0. The molecule has 21 heavy (non-hydrogen) atoms. The van der Waals surface area contributed by atoms with Crippen LogP contribution < -0.4 is 0 Å². The SMILES string of the molecule is CN(Cc1ccc(Cl)cc1)Cc1cccc([N+](=O)[O-])c1F. The first kappa shape index (κ1) is 15.4. The van der Waals surface area contributed by atoms with Gasteiger partial charge in [0.1, 0.15) is 0 Å². The maximum Gasteiger partial charge on any atom is 0.305 e. The summed E-state index contributed by atoms with van der Waals surface area (Å²) in [5.74, 6) is -0.773. The van der Waals surface area contributed by atoms with Crippen molar-refractivity contribution in [3.05, 3.63) is 74.5 Å². The van der Waals surface area contributed by atoms with Gasteiger partial charge >= 0.3 is 5.69 Å². The lowest BCUT2D eigenvalue weighted by Crippen LogP contribution is -2.18. The number of nitro groups is 1. The zero-order valence-corrected chi connectivity index (χ0v) is 12.2. The number of hydrogen-bond acceptors (Lipinski definition) is 3. The summed E-state index contributed by atoms with van der Waals surface area (Å²) < 4.78 is 14.0. The van der Waals surface area contributed by atoms with E-state index in [1.165, 1.54) is 6.07 Å². The van der Waals surface area contributed by atoms with Gasteiger partial charge in [-0.1, -0.05) is 35.9 Å². The van der Waals surface area contributed by atoms with E-state index in [0.29, 0.717) is 17.1 Å². The molecule has 0 radical (unpaired) electrons. The van der Waals surface area contributed by atoms with E-state index in [1.807, 2.05) is 24.1 Å². The Kier molecular flexibility index (Phi) is 4.88. The van der Waals surface area contributed by atoms with Crippen molar-refractivity contribution in [2.24, 2.45) is 0 Å². The number of rotatable bonds is 5. The van der Waals surface area contributed by atoms with Crippen molar-refractivity contribution < 1.29 is 9.31 Å². The highest BCUT2D eigenvalue weighted by Crippen LogP contribution is 2.21. The average Bonchev–Trinajstić information content (AvgIpc) is 2.43. The van der Waals surface area contributed by atoms with Crippen LogP contribution in [-0.2, 0) is 13.1 Å². The molecule has 0 aromatic heterocycles. The van der Waals surface area contributed by atoms with Gasteiger partial charge in [-0.25, -0.2) is 0 Å². The van der Waals surface area contributed by atoms with Gasteiger partial charge in [-0.15, -0.1) is 0 Å². The Hall–Kier alpha value is -1.98. The highest BCUT2D eigenvalue weighted by molar-refractivity contribution is 6.30. The fourth-order valence-electron chi connectivity index (χ4n) is 2.08. The molecular weight excluding hydrogens is 295 g/mol. The minimum atomic E-state index is -0.773. The maximum absolute atomic E-state index is 14.0. The first-order valence-electron chi connectivity index (χ1n) is 6.32. The van der Waals surface area contributed by atoms with Crippen LogP contribution in [0.5, 0.6) is 0 Å². The summed E-state index contributed by atoms with van der Waals surface area (Å²) in [5, 5.41) is 11.4. The minimum Gasteiger partial charge on any atom is -0.298 e. The molecule has 0 amide bonds. The third-order valence-corrected chi connectivity index (χ3v) is 3.31. The molecule has 0 saturated carbocycles. The summed E-state index contributed by atoms with van der Waals surface area (Å²) in [7, 11) is 1.83. The molecule has 0 saturated heterocycles. The van der Waals surface area contributed by atoms with Gasteiger partial charge in [-0.2, -0.15) is 4.39 Å². The Morgan fingerprint density at radius 1 is 1.19 bits per heavy atom. The standard InChI is InChI=1S/C15H14ClFN2O2/c1-18(9-11-5-7-13(16)8-6-11)10-12-3-2-4-14(15(12)17)19(20)21/h2-8H,9-10H2,1H3. The number of benzene rings is 2. The molecule has 110 valence electrons. The monoisotopic (exact) mass is 308 g/mol. The molecule has 0 heterocycles. The van der Waals surface area contributed by atoms with E-state index in [9.17, 15) is 14.5 Å². The summed E-state index contributed by atoms with van der Waals surface area (Å²) in [5.41, 5.74) is 0.848. The van der Waals surface area contributed by atoms with Crippen LogP contribution in [0.1, 0.15) is 11.1 Å². The van der Waals surface area contributed by atoms with Crippen LogP contribution in [0, 0.1) is 15.9 Å². The van der Waals surface area contributed by atoms with E-state index in [4.69, 9.17) is 11.6 Å². The quantitative estimate of drug-likeness (QED) is 0.619. The highest BCUT2D eigenvalue weighted by atomic mass is 35.5. The van der Waals surface area contributed by atoms with Crippen LogP contribution >= 0.6 is 11.6 Å². The summed E-state index contributed by atoms with van der Waals surface area (Å²) in [4.78, 5) is 11.9. The van der Waals surface area contributed by atoms with E-state index < -0.39 is 16.4 Å². The molecule has 6 heteroatoms. The molecule has 2 rings (SSSR count). The first-order valence-corrected chi connectivity index (χ1v) is 6.70. The lowest BCUT2D eigenvalue weighted by Gasteiger charge is -2.17. The third kappa shape index (κ3) is 4.00. The van der Waals surface area contributed by atoms with Gasteiger partial charge in [-0.3, -0.25) is 15.0 Å². The molecule has 0 aliphatic rings. The van der Waals surface area contributed by atoms with E-state index in [-0.39, 0.29) is 6.54 Å². The van der Waals surface area contributed by atoms with Crippen molar-refractivity contribution in [3.8, 4) is 0 Å². The molecule has 2 aromatic carbocycles. The zero-order valence-electron chi connectivity index (χ0n) is 11.4. The van der Waals surface area contributed by atoms with Crippen molar-refractivity contribution in [2.75, 3.05) is 7.05 Å². The molecule has 0 fully saturated rings. The summed E-state index contributed by atoms with van der Waals surface area (Å²) >= 11 is 5.82. The summed E-state index contributed by atoms with van der Waals surface area (Å²) in [6, 6.07) is 11.6. The number of nitrogens with zero attached hydrogens (tertiary/aromatic N) is 2. The van der Waals surface area contributed by atoms with Gasteiger partial charge in [0.25, 0.3) is 0 Å². The Morgan fingerprint density at radius 2 is 1.86 bits per heavy atom. The fourth-order valence-corrected chi connectivity index (χ4v) is 2.20. The van der Waals surface area contributed by atoms with Crippen LogP contribution in [-0.4, -0.2) is 16.9 Å². The minimum absolute atomic E-state index is 0.288. The van der Waals surface area contributed by atoms with Crippen LogP contribution in [0.3, 0.4) is 0 Å². The van der Waals surface area contributed by atoms with Crippen molar-refractivity contribution in [1.82, 2.24) is 4.90 Å². The Balaban J connectivity index is 2.09. The molecule has 0 aliphatic heterocycles. The van der Waals surface area contributed by atoms with E-state index in [0.717, 1.165) is 11.6 Å². The Labute approximate surface area is 126 Å². The molecular formula is C15H14ClFN2O2. The van der Waals surface area contributed by atoms with Gasteiger partial charge in [0, 0.05) is 29.7 Å². The second-order valence-electron chi connectivity index (χ2n) is 4.81. The fraction of sp³-hybridized carbons (Fsp3) is 0.200. The molecule has 0 N–H and O–H groups in total. The first-order chi connectivity index (χ1) is 9.97. The van der Waals surface area contributed by atoms with Crippen molar-refractivity contribution in [2.45, 2.75) is 13.1 Å². The third-order valence-electron chi connectivity index (χ3n) is 3.06. The molecule has 0 bridgehead atoms. The molecule has 0 aliphatic carbocycles. The summed E-state index contributed by atoms with van der Waals surface area (Å²) in [6.07, 6.45) is 0. The van der Waals surface area contributed by atoms with E-state index >= 15 is 0 Å². The van der Waals surface area contributed by atoms with Crippen LogP contribution in [0.25, 0.3) is 0 Å². The summed E-state index contributed by atoms with van der Waals surface area (Å²) in [6.45, 7) is 0.884. The predicted molar refractivity (Wildman–Crippen MR) is 79.7 cm³/mol. The van der Waals surface area contributed by atoms with Gasteiger partial charge in [0.15, 0.2) is 0 Å². The average molecular weight is 309 g/mol. The van der Waals surface area contributed by atoms with Crippen LogP contribution in [0.2, 0.25) is 5.02 Å². The largest absolute Gasteiger partial charge is 0.305 e. The lowest BCUT2D eigenvalue weighted by atomic mass is 10.1. The van der Waals surface area contributed by atoms with Crippen molar-refractivity contribution in [1.29, 1.82) is 0 Å². The Bertz CT molecular complexity index is 647. The van der Waals surface area contributed by atoms with Crippen molar-refractivity contribution in [3.63, 3.8) is 0 Å². The molecule has 0 atom stereocenters. The topological polar surface area (TPSA) is 46.4 Å². The lowest BCUT2D eigenvalue weighted by molar-refractivity contribution is -0.387. The van der Waals surface area contributed by atoms with Gasteiger partial charge < -0.3 is 0 Å². The van der Waals surface area contributed by atoms with Gasteiger partial charge in [-0.05, 0) is 24.7 Å².